The molecule has 0 amide bonds. The average molecular weight is 212 g/mol. The predicted octanol–water partition coefficient (Wildman–Crippen LogP) is 2.84. The van der Waals surface area contributed by atoms with Gasteiger partial charge in [-0.15, -0.1) is 0 Å². The third kappa shape index (κ3) is 1.76. The maximum atomic E-state index is 13.0. The molecule has 3 unspecified atom stereocenters. The van der Waals surface area contributed by atoms with Crippen molar-refractivity contribution in [3.8, 4) is 0 Å². The summed E-state index contributed by atoms with van der Waals surface area (Å²) in [5, 5.41) is 9.50. The maximum absolute atomic E-state index is 13.0. The van der Waals surface area contributed by atoms with Crippen molar-refractivity contribution in [2.75, 3.05) is 0 Å². The van der Waals surface area contributed by atoms with Crippen LogP contribution in [0, 0.1) is 17.6 Å². The number of rotatable bonds is 2. The molecule has 3 heteroatoms. The highest BCUT2D eigenvalue weighted by Crippen LogP contribution is 2.44. The fourth-order valence-corrected chi connectivity index (χ4v) is 2.36. The van der Waals surface area contributed by atoms with E-state index in [-0.39, 0.29) is 17.9 Å². The normalized spacial score (nSPS) is 30.0. The van der Waals surface area contributed by atoms with Gasteiger partial charge in [-0.2, -0.15) is 0 Å². The lowest BCUT2D eigenvalue weighted by atomic mass is 9.66. The molecule has 1 nitrogen and oxygen atoms in total. The molecule has 0 aliphatic heterocycles. The molecular formula is C12H14F2O. The second-order valence-corrected chi connectivity index (χ2v) is 4.16. The molecule has 3 atom stereocenters. The molecule has 0 heterocycles. The van der Waals surface area contributed by atoms with Crippen LogP contribution < -0.4 is 0 Å². The first-order chi connectivity index (χ1) is 7.13. The Balaban J connectivity index is 2.20. The van der Waals surface area contributed by atoms with Crippen LogP contribution in [0.5, 0.6) is 0 Å². The summed E-state index contributed by atoms with van der Waals surface area (Å²) in [4.78, 5) is 0. The van der Waals surface area contributed by atoms with Crippen molar-refractivity contribution in [2.24, 2.45) is 5.92 Å². The third-order valence-electron chi connectivity index (χ3n) is 3.35. The topological polar surface area (TPSA) is 20.2 Å². The fraction of sp³-hybridized carbons (Fsp3) is 0.500. The van der Waals surface area contributed by atoms with Crippen molar-refractivity contribution in [3.05, 3.63) is 35.4 Å². The average Bonchev–Trinajstić information content (AvgIpc) is 2.19. The van der Waals surface area contributed by atoms with E-state index in [1.165, 1.54) is 6.07 Å². The van der Waals surface area contributed by atoms with Gasteiger partial charge in [-0.25, -0.2) is 8.78 Å². The van der Waals surface area contributed by atoms with E-state index in [2.05, 4.69) is 0 Å². The number of aliphatic hydroxyl groups is 1. The van der Waals surface area contributed by atoms with E-state index in [0.717, 1.165) is 18.1 Å². The van der Waals surface area contributed by atoms with Gasteiger partial charge in [-0.05, 0) is 36.0 Å². The summed E-state index contributed by atoms with van der Waals surface area (Å²) in [6.45, 7) is 2.00. The summed E-state index contributed by atoms with van der Waals surface area (Å²) < 4.78 is 25.7. The van der Waals surface area contributed by atoms with Gasteiger partial charge in [0.15, 0.2) is 11.6 Å². The molecule has 2 rings (SSSR count). The summed E-state index contributed by atoms with van der Waals surface area (Å²) >= 11 is 0. The van der Waals surface area contributed by atoms with Gasteiger partial charge in [-0.3, -0.25) is 0 Å². The Hall–Kier alpha value is -0.960. The Morgan fingerprint density at radius 1 is 1.33 bits per heavy atom. The van der Waals surface area contributed by atoms with Crippen molar-refractivity contribution in [3.63, 3.8) is 0 Å². The molecule has 1 aromatic carbocycles. The lowest BCUT2D eigenvalue weighted by Crippen LogP contribution is -2.39. The molecule has 0 saturated heterocycles. The molecule has 1 fully saturated rings. The third-order valence-corrected chi connectivity index (χ3v) is 3.35. The van der Waals surface area contributed by atoms with E-state index in [4.69, 9.17) is 0 Å². The minimum Gasteiger partial charge on any atom is -0.393 e. The molecule has 15 heavy (non-hydrogen) atoms. The Morgan fingerprint density at radius 3 is 2.60 bits per heavy atom. The molecule has 0 radical (unpaired) electrons. The Bertz CT molecular complexity index is 365. The van der Waals surface area contributed by atoms with Gasteiger partial charge in [0.1, 0.15) is 0 Å². The first-order valence-corrected chi connectivity index (χ1v) is 5.26. The summed E-state index contributed by atoms with van der Waals surface area (Å²) in [5.74, 6) is -1.25. The zero-order valence-electron chi connectivity index (χ0n) is 8.58. The smallest absolute Gasteiger partial charge is 0.159 e. The second-order valence-electron chi connectivity index (χ2n) is 4.16. The van der Waals surface area contributed by atoms with Gasteiger partial charge < -0.3 is 5.11 Å². The molecule has 0 bridgehead atoms. The van der Waals surface area contributed by atoms with Gasteiger partial charge in [-0.1, -0.05) is 19.4 Å². The minimum absolute atomic E-state index is 0.181. The van der Waals surface area contributed by atoms with E-state index in [0.29, 0.717) is 6.42 Å². The van der Waals surface area contributed by atoms with Crippen molar-refractivity contribution in [2.45, 2.75) is 31.8 Å². The molecule has 0 spiro atoms. The highest BCUT2D eigenvalue weighted by Gasteiger charge is 2.39. The van der Waals surface area contributed by atoms with Crippen LogP contribution in [-0.4, -0.2) is 11.2 Å². The molecule has 1 aliphatic carbocycles. The van der Waals surface area contributed by atoms with E-state index >= 15 is 0 Å². The van der Waals surface area contributed by atoms with E-state index in [1.807, 2.05) is 6.92 Å². The van der Waals surface area contributed by atoms with Crippen LogP contribution in [0.2, 0.25) is 0 Å². The first-order valence-electron chi connectivity index (χ1n) is 5.26. The van der Waals surface area contributed by atoms with Crippen LogP contribution in [0.1, 0.15) is 31.2 Å². The van der Waals surface area contributed by atoms with Crippen molar-refractivity contribution >= 4 is 0 Å². The van der Waals surface area contributed by atoms with Crippen molar-refractivity contribution < 1.29 is 13.9 Å². The standard InChI is InChI=1S/C12H14F2O/c1-2-8-9(6-12(8)15)7-3-4-10(13)11(14)5-7/h3-5,8-9,12,15H,2,6H2,1H3. The molecule has 1 aromatic rings. The summed E-state index contributed by atoms with van der Waals surface area (Å²) in [5.41, 5.74) is 0.797. The molecule has 1 saturated carbocycles. The lowest BCUT2D eigenvalue weighted by molar-refractivity contribution is -0.000846. The Kier molecular flexibility index (Phi) is 2.74. The van der Waals surface area contributed by atoms with Crippen molar-refractivity contribution in [1.82, 2.24) is 0 Å². The number of hydrogen-bond acceptors (Lipinski definition) is 1. The summed E-state index contributed by atoms with van der Waals surface area (Å²) in [6, 6.07) is 4.01. The van der Waals surface area contributed by atoms with E-state index < -0.39 is 11.6 Å². The van der Waals surface area contributed by atoms with Crippen LogP contribution in [0.4, 0.5) is 8.78 Å². The monoisotopic (exact) mass is 212 g/mol. The van der Waals surface area contributed by atoms with Gasteiger partial charge in [0.2, 0.25) is 0 Å². The first kappa shape index (κ1) is 10.6. The Morgan fingerprint density at radius 2 is 2.07 bits per heavy atom. The van der Waals surface area contributed by atoms with Crippen molar-refractivity contribution in [1.29, 1.82) is 0 Å². The maximum Gasteiger partial charge on any atom is 0.159 e. The van der Waals surface area contributed by atoms with Crippen LogP contribution in [0.15, 0.2) is 18.2 Å². The number of benzene rings is 1. The number of hydrogen-bond donors (Lipinski definition) is 1. The zero-order chi connectivity index (χ0) is 11.0. The van der Waals surface area contributed by atoms with Crippen LogP contribution in [0.3, 0.4) is 0 Å². The largest absolute Gasteiger partial charge is 0.393 e. The summed E-state index contributed by atoms with van der Waals surface area (Å²) in [6.07, 6.45) is 1.24. The number of halogens is 2. The fourth-order valence-electron chi connectivity index (χ4n) is 2.36. The lowest BCUT2D eigenvalue weighted by Gasteiger charge is -2.41. The Labute approximate surface area is 87.7 Å². The highest BCUT2D eigenvalue weighted by molar-refractivity contribution is 5.25. The van der Waals surface area contributed by atoms with Crippen LogP contribution in [-0.2, 0) is 0 Å². The molecule has 1 aliphatic rings. The quantitative estimate of drug-likeness (QED) is 0.799. The van der Waals surface area contributed by atoms with Crippen LogP contribution >= 0.6 is 0 Å². The van der Waals surface area contributed by atoms with E-state index in [9.17, 15) is 13.9 Å². The minimum atomic E-state index is -0.813. The van der Waals surface area contributed by atoms with Gasteiger partial charge in [0, 0.05) is 0 Å². The van der Waals surface area contributed by atoms with Gasteiger partial charge in [0.05, 0.1) is 6.10 Å². The highest BCUT2D eigenvalue weighted by atomic mass is 19.2. The SMILES string of the molecule is CCC1C(O)CC1c1ccc(F)c(F)c1. The van der Waals surface area contributed by atoms with E-state index in [1.54, 1.807) is 6.07 Å². The number of aliphatic hydroxyl groups excluding tert-OH is 1. The molecule has 1 N–H and O–H groups in total. The molecule has 0 aromatic heterocycles. The predicted molar refractivity (Wildman–Crippen MR) is 53.5 cm³/mol. The molecule has 82 valence electrons. The van der Waals surface area contributed by atoms with Crippen LogP contribution in [0.25, 0.3) is 0 Å². The van der Waals surface area contributed by atoms with Gasteiger partial charge >= 0.3 is 0 Å². The molecular weight excluding hydrogens is 198 g/mol. The summed E-state index contributed by atoms with van der Waals surface area (Å²) in [7, 11) is 0. The van der Waals surface area contributed by atoms with Gasteiger partial charge in [0.25, 0.3) is 0 Å². The zero-order valence-corrected chi connectivity index (χ0v) is 8.58. The second kappa shape index (κ2) is 3.89.